The molecule has 2 aromatic rings. The van der Waals surface area contributed by atoms with Crippen LogP contribution in [0.4, 0.5) is 5.69 Å². The maximum atomic E-state index is 12.3. The molecular formula is C20H22N2O3. The van der Waals surface area contributed by atoms with Gasteiger partial charge in [0.1, 0.15) is 0 Å². The van der Waals surface area contributed by atoms with E-state index >= 15 is 0 Å². The van der Waals surface area contributed by atoms with Crippen LogP contribution in [0.3, 0.4) is 0 Å². The van der Waals surface area contributed by atoms with Crippen LogP contribution in [0.1, 0.15) is 39.1 Å². The molecule has 130 valence electrons. The zero-order chi connectivity index (χ0) is 17.6. The summed E-state index contributed by atoms with van der Waals surface area (Å²) >= 11 is 0. The van der Waals surface area contributed by atoms with Gasteiger partial charge in [0.05, 0.1) is 6.10 Å². The van der Waals surface area contributed by atoms with Crippen molar-refractivity contribution in [2.45, 2.75) is 25.9 Å². The molecule has 1 atom stereocenters. The molecule has 1 aliphatic rings. The van der Waals surface area contributed by atoms with E-state index < -0.39 is 0 Å². The first kappa shape index (κ1) is 17.2. The molecule has 25 heavy (non-hydrogen) atoms. The van der Waals surface area contributed by atoms with Crippen LogP contribution < -0.4 is 10.6 Å². The number of nitrogens with one attached hydrogen (secondary N) is 2. The Hall–Kier alpha value is -2.66. The molecule has 0 aromatic heterocycles. The first-order chi connectivity index (χ1) is 12.1. The van der Waals surface area contributed by atoms with E-state index in [1.165, 1.54) is 0 Å². The Morgan fingerprint density at radius 1 is 1.08 bits per heavy atom. The van der Waals surface area contributed by atoms with Crippen molar-refractivity contribution in [2.75, 3.05) is 18.5 Å². The quantitative estimate of drug-likeness (QED) is 0.880. The zero-order valence-electron chi connectivity index (χ0n) is 14.2. The number of carbonyl (C=O) groups is 2. The van der Waals surface area contributed by atoms with Gasteiger partial charge < -0.3 is 15.4 Å². The normalized spacial score (nSPS) is 16.4. The second-order valence-corrected chi connectivity index (χ2v) is 6.19. The molecule has 0 radical (unpaired) electrons. The minimum atomic E-state index is -0.194. The van der Waals surface area contributed by atoms with Crippen molar-refractivity contribution in [3.63, 3.8) is 0 Å². The molecule has 0 saturated carbocycles. The first-order valence-electron chi connectivity index (χ1n) is 8.50. The Morgan fingerprint density at radius 3 is 2.60 bits per heavy atom. The maximum absolute atomic E-state index is 12.3. The van der Waals surface area contributed by atoms with Gasteiger partial charge in [-0.1, -0.05) is 24.3 Å². The van der Waals surface area contributed by atoms with Gasteiger partial charge in [0.2, 0.25) is 0 Å². The summed E-state index contributed by atoms with van der Waals surface area (Å²) < 4.78 is 5.51. The van der Waals surface area contributed by atoms with E-state index in [1.807, 2.05) is 31.2 Å². The summed E-state index contributed by atoms with van der Waals surface area (Å²) in [5.74, 6) is -0.355. The van der Waals surface area contributed by atoms with Crippen molar-refractivity contribution >= 4 is 17.5 Å². The summed E-state index contributed by atoms with van der Waals surface area (Å²) in [5.41, 5.74) is 2.64. The van der Waals surface area contributed by atoms with Gasteiger partial charge in [0.15, 0.2) is 0 Å². The van der Waals surface area contributed by atoms with E-state index in [0.717, 1.165) is 25.0 Å². The van der Waals surface area contributed by atoms with Crippen LogP contribution in [0.5, 0.6) is 0 Å². The smallest absolute Gasteiger partial charge is 0.255 e. The third-order valence-electron chi connectivity index (χ3n) is 4.30. The fourth-order valence-electron chi connectivity index (χ4n) is 2.80. The van der Waals surface area contributed by atoms with Gasteiger partial charge in [-0.15, -0.1) is 0 Å². The number of carbonyl (C=O) groups excluding carboxylic acids is 2. The van der Waals surface area contributed by atoms with Crippen LogP contribution in [0.25, 0.3) is 0 Å². The van der Waals surface area contributed by atoms with E-state index in [-0.39, 0.29) is 17.9 Å². The summed E-state index contributed by atoms with van der Waals surface area (Å²) in [6.07, 6.45) is 2.12. The highest BCUT2D eigenvalue weighted by atomic mass is 16.5. The summed E-state index contributed by atoms with van der Waals surface area (Å²) in [6.45, 7) is 3.17. The average Bonchev–Trinajstić information content (AvgIpc) is 3.16. The topological polar surface area (TPSA) is 67.4 Å². The van der Waals surface area contributed by atoms with Gasteiger partial charge in [0.25, 0.3) is 11.8 Å². The SMILES string of the molecule is Cc1ccc(C(=O)NC[C@@H]2CCCO2)cc1NC(=O)c1ccccc1. The van der Waals surface area contributed by atoms with Gasteiger partial charge in [-0.25, -0.2) is 0 Å². The van der Waals surface area contributed by atoms with Gasteiger partial charge in [0, 0.05) is 30.0 Å². The predicted molar refractivity (Wildman–Crippen MR) is 96.9 cm³/mol. The van der Waals surface area contributed by atoms with Crippen molar-refractivity contribution in [1.29, 1.82) is 0 Å². The summed E-state index contributed by atoms with van der Waals surface area (Å²) in [5, 5.41) is 5.77. The van der Waals surface area contributed by atoms with Crippen LogP contribution in [0.15, 0.2) is 48.5 Å². The molecule has 0 spiro atoms. The highest BCUT2D eigenvalue weighted by Crippen LogP contribution is 2.18. The number of anilines is 1. The number of hydrogen-bond acceptors (Lipinski definition) is 3. The first-order valence-corrected chi connectivity index (χ1v) is 8.50. The molecule has 5 heteroatoms. The molecule has 2 amide bonds. The molecule has 5 nitrogen and oxygen atoms in total. The van der Waals surface area contributed by atoms with E-state index in [2.05, 4.69) is 10.6 Å². The number of ether oxygens (including phenoxy) is 1. The third kappa shape index (κ3) is 4.45. The Labute approximate surface area is 147 Å². The lowest BCUT2D eigenvalue weighted by Crippen LogP contribution is -2.31. The lowest BCUT2D eigenvalue weighted by molar-refractivity contribution is 0.0857. The van der Waals surface area contributed by atoms with Gasteiger partial charge >= 0.3 is 0 Å². The molecule has 0 unspecified atom stereocenters. The molecule has 1 fully saturated rings. The van der Waals surface area contributed by atoms with Crippen molar-refractivity contribution in [3.8, 4) is 0 Å². The van der Waals surface area contributed by atoms with Crippen LogP contribution in [0, 0.1) is 6.92 Å². The van der Waals surface area contributed by atoms with Crippen molar-refractivity contribution in [2.24, 2.45) is 0 Å². The highest BCUT2D eigenvalue weighted by Gasteiger charge is 2.17. The molecule has 1 heterocycles. The van der Waals surface area contributed by atoms with Crippen LogP contribution >= 0.6 is 0 Å². The van der Waals surface area contributed by atoms with Crippen LogP contribution in [-0.2, 0) is 4.74 Å². The van der Waals surface area contributed by atoms with Crippen LogP contribution in [-0.4, -0.2) is 31.1 Å². The molecule has 2 aromatic carbocycles. The number of amides is 2. The Kier molecular flexibility index (Phi) is 5.46. The Morgan fingerprint density at radius 2 is 1.88 bits per heavy atom. The monoisotopic (exact) mass is 338 g/mol. The number of benzene rings is 2. The Bertz CT molecular complexity index is 753. The molecule has 1 saturated heterocycles. The second kappa shape index (κ2) is 7.94. The molecule has 2 N–H and O–H groups in total. The predicted octanol–water partition coefficient (Wildman–Crippen LogP) is 3.16. The van der Waals surface area contributed by atoms with Gasteiger partial charge in [-0.3, -0.25) is 9.59 Å². The second-order valence-electron chi connectivity index (χ2n) is 6.19. The lowest BCUT2D eigenvalue weighted by Gasteiger charge is -2.13. The summed E-state index contributed by atoms with van der Waals surface area (Å²) in [4.78, 5) is 24.7. The van der Waals surface area contributed by atoms with Gasteiger partial charge in [-0.05, 0) is 49.6 Å². The van der Waals surface area contributed by atoms with Crippen LogP contribution in [0.2, 0.25) is 0 Å². The van der Waals surface area contributed by atoms with E-state index in [0.29, 0.717) is 23.4 Å². The molecule has 0 aliphatic carbocycles. The van der Waals surface area contributed by atoms with E-state index in [9.17, 15) is 9.59 Å². The van der Waals surface area contributed by atoms with E-state index in [1.54, 1.807) is 24.3 Å². The van der Waals surface area contributed by atoms with Gasteiger partial charge in [-0.2, -0.15) is 0 Å². The Balaban J connectivity index is 1.67. The zero-order valence-corrected chi connectivity index (χ0v) is 14.2. The minimum absolute atomic E-state index is 0.103. The van der Waals surface area contributed by atoms with E-state index in [4.69, 9.17) is 4.74 Å². The minimum Gasteiger partial charge on any atom is -0.376 e. The lowest BCUT2D eigenvalue weighted by atomic mass is 10.1. The fraction of sp³-hybridized carbons (Fsp3) is 0.300. The third-order valence-corrected chi connectivity index (χ3v) is 4.30. The van der Waals surface area contributed by atoms with Crippen molar-refractivity contribution < 1.29 is 14.3 Å². The van der Waals surface area contributed by atoms with Crippen molar-refractivity contribution in [1.82, 2.24) is 5.32 Å². The molecule has 0 bridgehead atoms. The largest absolute Gasteiger partial charge is 0.376 e. The molecule has 1 aliphatic heterocycles. The standard InChI is InChI=1S/C20H22N2O3/c1-14-9-10-16(19(23)21-13-17-8-5-11-25-17)12-18(14)22-20(24)15-6-3-2-4-7-15/h2-4,6-7,9-10,12,17H,5,8,11,13H2,1H3,(H,21,23)(H,22,24)/t17-/m0/s1. The number of hydrogen-bond donors (Lipinski definition) is 2. The van der Waals surface area contributed by atoms with Crippen molar-refractivity contribution in [3.05, 3.63) is 65.2 Å². The number of rotatable bonds is 5. The fourth-order valence-corrected chi connectivity index (χ4v) is 2.80. The highest BCUT2D eigenvalue weighted by molar-refractivity contribution is 6.05. The summed E-state index contributed by atoms with van der Waals surface area (Å²) in [7, 11) is 0. The molecular weight excluding hydrogens is 316 g/mol. The maximum Gasteiger partial charge on any atom is 0.255 e. The average molecular weight is 338 g/mol. The number of aryl methyl sites for hydroxylation is 1. The molecule has 3 rings (SSSR count). The summed E-state index contributed by atoms with van der Waals surface area (Å²) in [6, 6.07) is 14.3.